The Balaban J connectivity index is 2.14. The van der Waals surface area contributed by atoms with Gasteiger partial charge in [-0.05, 0) is 12.8 Å². The molecule has 88 valence electrons. The molecule has 1 aromatic rings. The monoisotopic (exact) mass is 223 g/mol. The molecule has 1 fully saturated rings. The van der Waals surface area contributed by atoms with Crippen molar-refractivity contribution in [2.75, 3.05) is 7.05 Å². The highest BCUT2D eigenvalue weighted by atomic mass is 16.3. The van der Waals surface area contributed by atoms with Crippen LogP contribution in [0, 0.1) is 0 Å². The number of amides is 1. The summed E-state index contributed by atoms with van der Waals surface area (Å²) in [6, 6.07) is 1.75. The summed E-state index contributed by atoms with van der Waals surface area (Å²) in [6.07, 6.45) is 4.54. The van der Waals surface area contributed by atoms with Crippen LogP contribution in [0.15, 0.2) is 6.07 Å². The Bertz CT molecular complexity index is 394. The molecule has 1 amide bonds. The van der Waals surface area contributed by atoms with Gasteiger partial charge in [0.05, 0.1) is 0 Å². The lowest BCUT2D eigenvalue weighted by Crippen LogP contribution is -2.36. The van der Waals surface area contributed by atoms with Gasteiger partial charge < -0.3 is 10.0 Å². The lowest BCUT2D eigenvalue weighted by Gasteiger charge is -2.23. The van der Waals surface area contributed by atoms with Crippen molar-refractivity contribution in [1.29, 1.82) is 0 Å². The van der Waals surface area contributed by atoms with Crippen molar-refractivity contribution in [3.8, 4) is 5.88 Å². The van der Waals surface area contributed by atoms with E-state index in [2.05, 4.69) is 5.10 Å². The van der Waals surface area contributed by atoms with Crippen LogP contribution in [0.3, 0.4) is 0 Å². The van der Waals surface area contributed by atoms with Gasteiger partial charge in [-0.3, -0.25) is 9.48 Å². The molecule has 5 heteroatoms. The summed E-state index contributed by atoms with van der Waals surface area (Å²) in [4.78, 5) is 13.9. The van der Waals surface area contributed by atoms with Crippen LogP contribution >= 0.6 is 0 Å². The molecule has 1 aromatic heterocycles. The standard InChI is InChI=1S/C11H17N3O2/c1-13(8-5-3-4-6-8)11(16)9-7-10(15)12-14(9)2/h7-8H,3-6H2,1-2H3,(H,12,15). The van der Waals surface area contributed by atoms with Crippen LogP contribution in [0.2, 0.25) is 0 Å². The zero-order valence-electron chi connectivity index (χ0n) is 9.68. The Morgan fingerprint density at radius 2 is 2.19 bits per heavy atom. The maximum absolute atomic E-state index is 12.1. The molecular weight excluding hydrogens is 206 g/mol. The molecule has 0 saturated heterocycles. The van der Waals surface area contributed by atoms with Gasteiger partial charge in [0, 0.05) is 26.2 Å². The number of aromatic hydroxyl groups is 1. The molecule has 1 N–H and O–H groups in total. The predicted octanol–water partition coefficient (Wildman–Crippen LogP) is 1.14. The SMILES string of the molecule is CN(C(=O)c1cc(O)nn1C)C1CCCC1. The lowest BCUT2D eigenvalue weighted by molar-refractivity contribution is 0.0724. The van der Waals surface area contributed by atoms with Crippen LogP contribution in [-0.2, 0) is 7.05 Å². The summed E-state index contributed by atoms with van der Waals surface area (Å²) >= 11 is 0. The molecule has 1 aliphatic carbocycles. The van der Waals surface area contributed by atoms with E-state index < -0.39 is 0 Å². The maximum atomic E-state index is 12.1. The largest absolute Gasteiger partial charge is 0.492 e. The number of nitrogens with zero attached hydrogens (tertiary/aromatic N) is 3. The first-order valence-corrected chi connectivity index (χ1v) is 5.60. The molecule has 0 aliphatic heterocycles. The molecule has 0 aromatic carbocycles. The number of aromatic nitrogens is 2. The summed E-state index contributed by atoms with van der Waals surface area (Å²) < 4.78 is 1.42. The van der Waals surface area contributed by atoms with Gasteiger partial charge in [-0.15, -0.1) is 5.10 Å². The Morgan fingerprint density at radius 3 is 2.69 bits per heavy atom. The van der Waals surface area contributed by atoms with Crippen molar-refractivity contribution < 1.29 is 9.90 Å². The van der Waals surface area contributed by atoms with E-state index in [9.17, 15) is 9.90 Å². The molecule has 0 bridgehead atoms. The van der Waals surface area contributed by atoms with Gasteiger partial charge in [0.2, 0.25) is 5.88 Å². The molecule has 0 unspecified atom stereocenters. The van der Waals surface area contributed by atoms with Crippen LogP contribution < -0.4 is 0 Å². The van der Waals surface area contributed by atoms with Gasteiger partial charge >= 0.3 is 0 Å². The number of hydrogen-bond donors (Lipinski definition) is 1. The fraction of sp³-hybridized carbons (Fsp3) is 0.636. The summed E-state index contributed by atoms with van der Waals surface area (Å²) in [6.45, 7) is 0. The normalized spacial score (nSPS) is 16.6. The maximum Gasteiger partial charge on any atom is 0.272 e. The van der Waals surface area contributed by atoms with E-state index >= 15 is 0 Å². The average Bonchev–Trinajstić information content (AvgIpc) is 2.85. The van der Waals surface area contributed by atoms with Gasteiger partial charge in [-0.2, -0.15) is 0 Å². The van der Waals surface area contributed by atoms with Crippen molar-refractivity contribution in [3.63, 3.8) is 0 Å². The highest BCUT2D eigenvalue weighted by molar-refractivity contribution is 5.92. The Kier molecular flexibility index (Phi) is 2.85. The first-order valence-electron chi connectivity index (χ1n) is 5.60. The summed E-state index contributed by atoms with van der Waals surface area (Å²) in [5.74, 6) is -0.173. The van der Waals surface area contributed by atoms with Crippen molar-refractivity contribution in [1.82, 2.24) is 14.7 Å². The molecule has 0 radical (unpaired) electrons. The smallest absolute Gasteiger partial charge is 0.272 e. The van der Waals surface area contributed by atoms with E-state index in [0.717, 1.165) is 12.8 Å². The quantitative estimate of drug-likeness (QED) is 0.818. The number of hydrogen-bond acceptors (Lipinski definition) is 3. The number of aryl methyl sites for hydroxylation is 1. The second kappa shape index (κ2) is 4.15. The van der Waals surface area contributed by atoms with E-state index in [1.807, 2.05) is 7.05 Å². The highest BCUT2D eigenvalue weighted by Gasteiger charge is 2.26. The zero-order chi connectivity index (χ0) is 11.7. The first kappa shape index (κ1) is 11.0. The highest BCUT2D eigenvalue weighted by Crippen LogP contribution is 2.24. The molecule has 1 saturated carbocycles. The minimum atomic E-state index is -0.106. The van der Waals surface area contributed by atoms with E-state index in [1.165, 1.54) is 23.6 Å². The van der Waals surface area contributed by atoms with Crippen LogP contribution in [-0.4, -0.2) is 38.8 Å². The predicted molar refractivity (Wildman–Crippen MR) is 59.2 cm³/mol. The number of carbonyl (C=O) groups is 1. The van der Waals surface area contributed by atoms with Crippen molar-refractivity contribution in [2.45, 2.75) is 31.7 Å². The molecule has 0 spiro atoms. The fourth-order valence-corrected chi connectivity index (χ4v) is 2.29. The Labute approximate surface area is 94.7 Å². The van der Waals surface area contributed by atoms with E-state index in [0.29, 0.717) is 11.7 Å². The fourth-order valence-electron chi connectivity index (χ4n) is 2.29. The third-order valence-electron chi connectivity index (χ3n) is 3.28. The third-order valence-corrected chi connectivity index (χ3v) is 3.28. The first-order chi connectivity index (χ1) is 7.59. The van der Waals surface area contributed by atoms with E-state index in [4.69, 9.17) is 0 Å². The van der Waals surface area contributed by atoms with E-state index in [-0.39, 0.29) is 11.8 Å². The second-order valence-corrected chi connectivity index (χ2v) is 4.37. The minimum absolute atomic E-state index is 0.0674. The average molecular weight is 223 g/mol. The third kappa shape index (κ3) is 1.89. The summed E-state index contributed by atoms with van der Waals surface area (Å²) in [7, 11) is 3.48. The summed E-state index contributed by atoms with van der Waals surface area (Å²) in [5, 5.41) is 13.0. The van der Waals surface area contributed by atoms with Crippen molar-refractivity contribution in [2.24, 2.45) is 7.05 Å². The van der Waals surface area contributed by atoms with Crippen molar-refractivity contribution >= 4 is 5.91 Å². The molecular formula is C11H17N3O2. The zero-order valence-corrected chi connectivity index (χ0v) is 9.68. The van der Waals surface area contributed by atoms with Crippen molar-refractivity contribution in [3.05, 3.63) is 11.8 Å². The molecule has 16 heavy (non-hydrogen) atoms. The van der Waals surface area contributed by atoms with Gasteiger partial charge in [0.25, 0.3) is 5.91 Å². The Hall–Kier alpha value is -1.52. The number of rotatable bonds is 2. The molecule has 1 heterocycles. The molecule has 1 aliphatic rings. The van der Waals surface area contributed by atoms with Gasteiger partial charge in [0.1, 0.15) is 5.69 Å². The Morgan fingerprint density at radius 1 is 1.56 bits per heavy atom. The summed E-state index contributed by atoms with van der Waals surface area (Å²) in [5.41, 5.74) is 0.437. The molecule has 5 nitrogen and oxygen atoms in total. The van der Waals surface area contributed by atoms with Gasteiger partial charge in [0.15, 0.2) is 0 Å². The van der Waals surface area contributed by atoms with Crippen LogP contribution in [0.1, 0.15) is 36.2 Å². The lowest BCUT2D eigenvalue weighted by atomic mass is 10.2. The topological polar surface area (TPSA) is 58.4 Å². The second-order valence-electron chi connectivity index (χ2n) is 4.37. The molecule has 2 rings (SSSR count). The van der Waals surface area contributed by atoms with Crippen LogP contribution in [0.25, 0.3) is 0 Å². The molecule has 0 atom stereocenters. The van der Waals surface area contributed by atoms with Crippen LogP contribution in [0.4, 0.5) is 0 Å². The number of carbonyl (C=O) groups excluding carboxylic acids is 1. The van der Waals surface area contributed by atoms with Gasteiger partial charge in [-0.1, -0.05) is 12.8 Å². The minimum Gasteiger partial charge on any atom is -0.492 e. The van der Waals surface area contributed by atoms with Crippen LogP contribution in [0.5, 0.6) is 5.88 Å². The van der Waals surface area contributed by atoms with E-state index in [1.54, 1.807) is 11.9 Å². The van der Waals surface area contributed by atoms with Gasteiger partial charge in [-0.25, -0.2) is 0 Å².